The van der Waals surface area contributed by atoms with Gasteiger partial charge in [-0.1, -0.05) is 37.3 Å². The van der Waals surface area contributed by atoms with Gasteiger partial charge in [0.05, 0.1) is 0 Å². The fourth-order valence-electron chi connectivity index (χ4n) is 2.27. The molecule has 0 aliphatic rings. The van der Waals surface area contributed by atoms with Crippen LogP contribution in [0.3, 0.4) is 0 Å². The zero-order chi connectivity index (χ0) is 16.2. The lowest BCUT2D eigenvalue weighted by molar-refractivity contribution is 0.296. The Labute approximate surface area is 132 Å². The minimum atomic E-state index is -0.508. The molecular weight excluding hydrogens is 294 g/mol. The lowest BCUT2D eigenvalue weighted by atomic mass is 10.1. The molecular formula is C17H13N3O3. The Hall–Kier alpha value is -3.20. The molecule has 23 heavy (non-hydrogen) atoms. The Morgan fingerprint density at radius 2 is 2.04 bits per heavy atom. The Morgan fingerprint density at radius 3 is 2.74 bits per heavy atom. The molecule has 2 heterocycles. The van der Waals surface area contributed by atoms with Crippen LogP contribution >= 0.6 is 0 Å². The second-order valence-corrected chi connectivity index (χ2v) is 4.86. The van der Waals surface area contributed by atoms with E-state index in [-0.39, 0.29) is 17.4 Å². The first-order valence-corrected chi connectivity index (χ1v) is 7.13. The molecule has 6 nitrogen and oxygen atoms in total. The highest BCUT2D eigenvalue weighted by Crippen LogP contribution is 2.26. The minimum absolute atomic E-state index is 0.0731. The van der Waals surface area contributed by atoms with Crippen molar-refractivity contribution in [3.05, 3.63) is 63.8 Å². The standard InChI is InChI=1S/C17H13N3O3/c1-2-12-8-14(21)23-17-15(12)16(19-13(9-18)20-17)22-10-11-6-4-3-5-7-11/h3-8H,2,10H2,1H3. The van der Waals surface area contributed by atoms with Crippen molar-refractivity contribution in [2.45, 2.75) is 20.0 Å². The summed E-state index contributed by atoms with van der Waals surface area (Å²) in [6, 6.07) is 12.8. The minimum Gasteiger partial charge on any atom is -0.472 e. The van der Waals surface area contributed by atoms with Crippen LogP contribution in [0.2, 0.25) is 0 Å². The first kappa shape index (κ1) is 14.7. The van der Waals surface area contributed by atoms with Crippen LogP contribution in [0.5, 0.6) is 5.88 Å². The van der Waals surface area contributed by atoms with Gasteiger partial charge in [0, 0.05) is 6.07 Å². The number of nitriles is 1. The molecule has 0 atom stereocenters. The van der Waals surface area contributed by atoms with Gasteiger partial charge in [0.25, 0.3) is 0 Å². The van der Waals surface area contributed by atoms with Gasteiger partial charge >= 0.3 is 5.63 Å². The fraction of sp³-hybridized carbons (Fsp3) is 0.176. The van der Waals surface area contributed by atoms with E-state index in [0.717, 1.165) is 11.1 Å². The molecule has 0 spiro atoms. The Morgan fingerprint density at radius 1 is 1.26 bits per heavy atom. The van der Waals surface area contributed by atoms with Gasteiger partial charge in [-0.2, -0.15) is 15.2 Å². The summed E-state index contributed by atoms with van der Waals surface area (Å²) in [7, 11) is 0. The second kappa shape index (κ2) is 6.28. The van der Waals surface area contributed by atoms with E-state index in [9.17, 15) is 4.79 Å². The molecule has 114 valence electrons. The van der Waals surface area contributed by atoms with E-state index in [1.165, 1.54) is 6.07 Å². The van der Waals surface area contributed by atoms with Gasteiger partial charge < -0.3 is 9.15 Å². The number of benzene rings is 1. The summed E-state index contributed by atoms with van der Waals surface area (Å²) in [5.41, 5.74) is 1.26. The third kappa shape index (κ3) is 3.04. The van der Waals surface area contributed by atoms with Crippen molar-refractivity contribution in [2.24, 2.45) is 0 Å². The summed E-state index contributed by atoms with van der Waals surface area (Å²) in [6.07, 6.45) is 0.596. The van der Waals surface area contributed by atoms with Crippen LogP contribution in [-0.4, -0.2) is 9.97 Å². The van der Waals surface area contributed by atoms with Gasteiger partial charge in [-0.15, -0.1) is 0 Å². The van der Waals surface area contributed by atoms with Crippen LogP contribution in [0, 0.1) is 11.3 Å². The molecule has 0 fully saturated rings. The van der Waals surface area contributed by atoms with Crippen molar-refractivity contribution >= 4 is 11.1 Å². The van der Waals surface area contributed by atoms with E-state index in [0.29, 0.717) is 18.4 Å². The van der Waals surface area contributed by atoms with Gasteiger partial charge in [0.1, 0.15) is 18.1 Å². The maximum absolute atomic E-state index is 11.6. The zero-order valence-corrected chi connectivity index (χ0v) is 12.4. The molecule has 0 saturated heterocycles. The van der Waals surface area contributed by atoms with Crippen molar-refractivity contribution < 1.29 is 9.15 Å². The molecule has 0 aliphatic heterocycles. The maximum atomic E-state index is 11.6. The number of fused-ring (bicyclic) bond motifs is 1. The Bertz CT molecular complexity index is 943. The average Bonchev–Trinajstić information content (AvgIpc) is 2.59. The molecule has 0 radical (unpaired) electrons. The number of nitrogens with zero attached hydrogens (tertiary/aromatic N) is 3. The van der Waals surface area contributed by atoms with Gasteiger partial charge in [-0.3, -0.25) is 0 Å². The van der Waals surface area contributed by atoms with Crippen molar-refractivity contribution in [3.8, 4) is 11.9 Å². The summed E-state index contributed by atoms with van der Waals surface area (Å²) in [5.74, 6) is 0.146. The number of rotatable bonds is 4. The predicted octanol–water partition coefficient (Wildman–Crippen LogP) is 2.60. The van der Waals surface area contributed by atoms with E-state index in [4.69, 9.17) is 14.4 Å². The smallest absolute Gasteiger partial charge is 0.337 e. The molecule has 1 aromatic carbocycles. The van der Waals surface area contributed by atoms with E-state index in [2.05, 4.69) is 9.97 Å². The largest absolute Gasteiger partial charge is 0.472 e. The Kier molecular flexibility index (Phi) is 4.02. The summed E-state index contributed by atoms with van der Waals surface area (Å²) < 4.78 is 10.9. The predicted molar refractivity (Wildman–Crippen MR) is 82.9 cm³/mol. The second-order valence-electron chi connectivity index (χ2n) is 4.86. The lowest BCUT2D eigenvalue weighted by Crippen LogP contribution is -2.06. The van der Waals surface area contributed by atoms with E-state index < -0.39 is 5.63 Å². The molecule has 0 bridgehead atoms. The van der Waals surface area contributed by atoms with E-state index in [1.807, 2.05) is 43.3 Å². The third-order valence-corrected chi connectivity index (χ3v) is 3.35. The molecule has 0 saturated carbocycles. The number of ether oxygens (including phenoxy) is 1. The SMILES string of the molecule is CCc1cc(=O)oc2nc(C#N)nc(OCc3ccccc3)c12. The average molecular weight is 307 g/mol. The quantitative estimate of drug-likeness (QED) is 0.736. The normalized spacial score (nSPS) is 10.4. The van der Waals surface area contributed by atoms with Crippen molar-refractivity contribution in [2.75, 3.05) is 0 Å². The summed E-state index contributed by atoms with van der Waals surface area (Å²) >= 11 is 0. The highest BCUT2D eigenvalue weighted by molar-refractivity contribution is 5.82. The highest BCUT2D eigenvalue weighted by atomic mass is 16.5. The monoisotopic (exact) mass is 307 g/mol. The molecule has 0 unspecified atom stereocenters. The van der Waals surface area contributed by atoms with Crippen LogP contribution in [0.1, 0.15) is 23.9 Å². The third-order valence-electron chi connectivity index (χ3n) is 3.35. The highest BCUT2D eigenvalue weighted by Gasteiger charge is 2.15. The number of aromatic nitrogens is 2. The van der Waals surface area contributed by atoms with Crippen molar-refractivity contribution in [1.29, 1.82) is 5.26 Å². The molecule has 3 rings (SSSR count). The molecule has 0 aliphatic carbocycles. The van der Waals surface area contributed by atoms with Gasteiger partial charge in [0.15, 0.2) is 0 Å². The first-order valence-electron chi connectivity index (χ1n) is 7.13. The van der Waals surface area contributed by atoms with E-state index in [1.54, 1.807) is 0 Å². The number of hydrogen-bond donors (Lipinski definition) is 0. The van der Waals surface area contributed by atoms with Gasteiger partial charge in [-0.25, -0.2) is 4.79 Å². The number of hydrogen-bond acceptors (Lipinski definition) is 6. The van der Waals surface area contributed by atoms with Crippen LogP contribution in [0.25, 0.3) is 11.1 Å². The topological polar surface area (TPSA) is 89.0 Å². The molecule has 0 N–H and O–H groups in total. The Balaban J connectivity index is 2.10. The van der Waals surface area contributed by atoms with Crippen LogP contribution < -0.4 is 10.4 Å². The summed E-state index contributed by atoms with van der Waals surface area (Å²) in [5, 5.41) is 9.58. The van der Waals surface area contributed by atoms with Crippen LogP contribution in [0.15, 0.2) is 45.6 Å². The van der Waals surface area contributed by atoms with Crippen molar-refractivity contribution in [1.82, 2.24) is 9.97 Å². The van der Waals surface area contributed by atoms with Gasteiger partial charge in [-0.05, 0) is 17.5 Å². The number of aryl methyl sites for hydroxylation is 1. The molecule has 6 heteroatoms. The molecule has 3 aromatic rings. The fourth-order valence-corrected chi connectivity index (χ4v) is 2.27. The summed E-state index contributed by atoms with van der Waals surface area (Å²) in [4.78, 5) is 19.7. The van der Waals surface area contributed by atoms with Crippen LogP contribution in [-0.2, 0) is 13.0 Å². The summed E-state index contributed by atoms with van der Waals surface area (Å²) in [6.45, 7) is 2.20. The first-order chi connectivity index (χ1) is 11.2. The molecule has 0 amide bonds. The van der Waals surface area contributed by atoms with E-state index >= 15 is 0 Å². The van der Waals surface area contributed by atoms with Gasteiger partial charge in [0.2, 0.25) is 17.4 Å². The molecule has 2 aromatic heterocycles. The van der Waals surface area contributed by atoms with Crippen LogP contribution in [0.4, 0.5) is 0 Å². The maximum Gasteiger partial charge on any atom is 0.337 e. The lowest BCUT2D eigenvalue weighted by Gasteiger charge is -2.10. The van der Waals surface area contributed by atoms with Crippen molar-refractivity contribution in [3.63, 3.8) is 0 Å². The zero-order valence-electron chi connectivity index (χ0n) is 12.4.